The summed E-state index contributed by atoms with van der Waals surface area (Å²) < 4.78 is 38.7. The second-order valence-corrected chi connectivity index (χ2v) is 16.1. The third kappa shape index (κ3) is 29.5. The van der Waals surface area contributed by atoms with Crippen molar-refractivity contribution < 1.29 is 47.1 Å². The average molecular weight is 846 g/mol. The fourth-order valence-corrected chi connectivity index (χ4v) is 6.67. The van der Waals surface area contributed by atoms with Gasteiger partial charge in [0.05, 0.1) is 19.3 Å². The van der Waals surface area contributed by atoms with Crippen molar-refractivity contribution in [3.63, 3.8) is 0 Å². The lowest BCUT2D eigenvalue weighted by atomic mass is 10.0. The first-order chi connectivity index (χ1) is 28.5. The van der Waals surface area contributed by atoms with Gasteiger partial charge in [-0.2, -0.15) is 0 Å². The Morgan fingerprint density at radius 1 is 0.712 bits per heavy atom. The molecular formula is C47H76NO10P. The van der Waals surface area contributed by atoms with E-state index < -0.39 is 38.6 Å². The number of aryl methyl sites for hydroxylation is 2. The first kappa shape index (κ1) is 53.7. The van der Waals surface area contributed by atoms with Crippen molar-refractivity contribution in [1.82, 2.24) is 0 Å². The highest BCUT2D eigenvalue weighted by molar-refractivity contribution is 7.47. The minimum absolute atomic E-state index is 0.00763. The Morgan fingerprint density at radius 3 is 1.86 bits per heavy atom. The second-order valence-electron chi connectivity index (χ2n) is 14.6. The van der Waals surface area contributed by atoms with Crippen molar-refractivity contribution >= 4 is 19.8 Å². The molecule has 1 heterocycles. The largest absolute Gasteiger partial charge is 0.472 e. The van der Waals surface area contributed by atoms with Crippen LogP contribution >= 0.6 is 7.82 Å². The van der Waals surface area contributed by atoms with E-state index in [0.717, 1.165) is 95.0 Å². The predicted molar refractivity (Wildman–Crippen MR) is 238 cm³/mol. The number of esters is 2. The van der Waals surface area contributed by atoms with Gasteiger partial charge >= 0.3 is 19.8 Å². The number of phosphoric ester groups is 1. The number of hydrogen-bond donors (Lipinski definition) is 3. The standard InChI is InChI=1S/C47H76NO10P/c1-5-7-8-9-10-11-12-13-14-15-16-17-18-21-24-27-31-42(49)34-35-47(51)57-43(39-56-59(52,53)55-37-36-48)38-54-46(50)33-29-26-23-20-19-22-25-28-32-45-41(4)40(3)44(58-45)30-6-2/h7-8,10-11,13-14,16-17,21,24,27,31,42-43,49H,5-6,9,12,15,18-20,22-23,25-26,28-30,32-39,48H2,1-4H3,(H,52,53)/b8-7-,11-10-,14-13-,17-16-,24-21-,31-27-/t42?,43-/m1/s1. The highest BCUT2D eigenvalue weighted by Gasteiger charge is 2.26. The first-order valence-corrected chi connectivity index (χ1v) is 23.4. The molecule has 12 heteroatoms. The van der Waals surface area contributed by atoms with Crippen molar-refractivity contribution in [1.29, 1.82) is 0 Å². The topological polar surface area (TPSA) is 168 Å². The molecule has 1 aromatic heterocycles. The van der Waals surface area contributed by atoms with E-state index in [1.54, 1.807) is 12.2 Å². The SMILES string of the molecule is CC/C=C\C/C=C\C/C=C\C/C=C\C/C=C\C=C/C(O)CCC(=O)O[C@H](COC(=O)CCCCCCCCCCc1oc(CCC)c(C)c1C)COP(=O)(O)OCCN. The molecule has 334 valence electrons. The number of aliphatic hydroxyl groups is 1. The van der Waals surface area contributed by atoms with Crippen LogP contribution in [0.3, 0.4) is 0 Å². The van der Waals surface area contributed by atoms with E-state index >= 15 is 0 Å². The molecule has 0 aromatic carbocycles. The van der Waals surface area contributed by atoms with Crippen LogP contribution in [0.2, 0.25) is 0 Å². The van der Waals surface area contributed by atoms with Crippen molar-refractivity contribution in [3.05, 3.63) is 95.6 Å². The molecule has 11 nitrogen and oxygen atoms in total. The lowest BCUT2D eigenvalue weighted by Crippen LogP contribution is -2.30. The summed E-state index contributed by atoms with van der Waals surface area (Å²) >= 11 is 0. The lowest BCUT2D eigenvalue weighted by molar-refractivity contribution is -0.161. The van der Waals surface area contributed by atoms with Crippen LogP contribution in [0.25, 0.3) is 0 Å². The number of furan rings is 1. The Labute approximate surface area is 355 Å². The van der Waals surface area contributed by atoms with E-state index in [0.29, 0.717) is 6.42 Å². The zero-order chi connectivity index (χ0) is 43.4. The van der Waals surface area contributed by atoms with Crippen LogP contribution in [0.4, 0.5) is 0 Å². The van der Waals surface area contributed by atoms with Crippen LogP contribution in [-0.4, -0.2) is 60.5 Å². The third-order valence-corrected chi connectivity index (χ3v) is 10.4. The summed E-state index contributed by atoms with van der Waals surface area (Å²) in [4.78, 5) is 35.0. The molecule has 1 aromatic rings. The summed E-state index contributed by atoms with van der Waals surface area (Å²) in [5.74, 6) is 1.13. The zero-order valence-electron chi connectivity index (χ0n) is 36.5. The number of aliphatic hydroxyl groups excluding tert-OH is 1. The number of carbonyl (C=O) groups is 2. The van der Waals surface area contributed by atoms with Gasteiger partial charge in [0.1, 0.15) is 18.1 Å². The minimum Gasteiger partial charge on any atom is -0.466 e. The molecule has 1 rings (SSSR count). The maximum atomic E-state index is 12.6. The van der Waals surface area contributed by atoms with E-state index in [1.165, 1.54) is 24.0 Å². The van der Waals surface area contributed by atoms with Gasteiger partial charge in [-0.3, -0.25) is 18.6 Å². The Balaban J connectivity index is 2.35. The van der Waals surface area contributed by atoms with Crippen molar-refractivity contribution in [3.8, 4) is 0 Å². The molecule has 0 saturated heterocycles. The normalized spacial score (nSPS) is 14.5. The average Bonchev–Trinajstić information content (AvgIpc) is 3.48. The molecule has 0 aliphatic carbocycles. The number of nitrogens with two attached hydrogens (primary N) is 1. The Hall–Kier alpha value is -3.31. The molecule has 0 radical (unpaired) electrons. The van der Waals surface area contributed by atoms with Gasteiger partial charge in [0.15, 0.2) is 6.10 Å². The Morgan fingerprint density at radius 2 is 1.27 bits per heavy atom. The number of carbonyl (C=O) groups excluding carboxylic acids is 2. The molecule has 0 aliphatic heterocycles. The first-order valence-electron chi connectivity index (χ1n) is 21.9. The molecular weight excluding hydrogens is 769 g/mol. The molecule has 0 spiro atoms. The fraction of sp³-hybridized carbons (Fsp3) is 0.617. The van der Waals surface area contributed by atoms with E-state index in [4.69, 9.17) is 28.7 Å². The number of hydrogen-bond acceptors (Lipinski definition) is 10. The van der Waals surface area contributed by atoms with Crippen LogP contribution in [0.15, 0.2) is 77.3 Å². The number of allylic oxidation sites excluding steroid dienone is 11. The summed E-state index contributed by atoms with van der Waals surface area (Å²) in [6.07, 6.45) is 38.3. The molecule has 0 bridgehead atoms. The molecule has 0 amide bonds. The lowest BCUT2D eigenvalue weighted by Gasteiger charge is -2.20. The smallest absolute Gasteiger partial charge is 0.466 e. The highest BCUT2D eigenvalue weighted by Crippen LogP contribution is 2.43. The molecule has 2 unspecified atom stereocenters. The monoisotopic (exact) mass is 846 g/mol. The van der Waals surface area contributed by atoms with Gasteiger partial charge in [-0.25, -0.2) is 4.57 Å². The molecule has 0 saturated carbocycles. The quantitative estimate of drug-likeness (QED) is 0.0193. The van der Waals surface area contributed by atoms with Crippen LogP contribution in [0, 0.1) is 13.8 Å². The second kappa shape index (κ2) is 35.4. The molecule has 0 fully saturated rings. The third-order valence-electron chi connectivity index (χ3n) is 9.40. The minimum atomic E-state index is -4.46. The van der Waals surface area contributed by atoms with E-state index in [-0.39, 0.29) is 39.0 Å². The van der Waals surface area contributed by atoms with Gasteiger partial charge in [-0.1, -0.05) is 125 Å². The van der Waals surface area contributed by atoms with Crippen LogP contribution < -0.4 is 5.73 Å². The summed E-state index contributed by atoms with van der Waals surface area (Å²) in [5, 5.41) is 10.3. The highest BCUT2D eigenvalue weighted by atomic mass is 31.2. The van der Waals surface area contributed by atoms with Gasteiger partial charge in [-0.15, -0.1) is 0 Å². The van der Waals surface area contributed by atoms with Crippen molar-refractivity contribution in [2.24, 2.45) is 5.73 Å². The predicted octanol–water partition coefficient (Wildman–Crippen LogP) is 10.9. The van der Waals surface area contributed by atoms with Crippen LogP contribution in [0.5, 0.6) is 0 Å². The summed E-state index contributed by atoms with van der Waals surface area (Å²) in [6.45, 7) is 7.52. The maximum Gasteiger partial charge on any atom is 0.472 e. The van der Waals surface area contributed by atoms with Crippen LogP contribution in [0.1, 0.15) is 146 Å². The molecule has 3 atom stereocenters. The number of phosphoric acid groups is 1. The van der Waals surface area contributed by atoms with E-state index in [2.05, 4.69) is 76.3 Å². The molecule has 4 N–H and O–H groups in total. The fourth-order valence-electron chi connectivity index (χ4n) is 5.91. The Kier molecular flexibility index (Phi) is 32.3. The van der Waals surface area contributed by atoms with Crippen LogP contribution in [-0.2, 0) is 45.5 Å². The molecule has 59 heavy (non-hydrogen) atoms. The van der Waals surface area contributed by atoms with Gasteiger partial charge in [0, 0.05) is 32.2 Å². The number of rotatable bonds is 36. The summed E-state index contributed by atoms with van der Waals surface area (Å²) in [7, 11) is -4.46. The Bertz CT molecular complexity index is 1490. The van der Waals surface area contributed by atoms with Crippen molar-refractivity contribution in [2.75, 3.05) is 26.4 Å². The number of ether oxygens (including phenoxy) is 2. The van der Waals surface area contributed by atoms with Gasteiger partial charge < -0.3 is 29.6 Å². The zero-order valence-corrected chi connectivity index (χ0v) is 37.4. The maximum absolute atomic E-state index is 12.6. The summed E-state index contributed by atoms with van der Waals surface area (Å²) in [6, 6.07) is 0. The number of unbranched alkanes of at least 4 members (excludes halogenated alkanes) is 7. The van der Waals surface area contributed by atoms with Gasteiger partial charge in [0.2, 0.25) is 0 Å². The summed E-state index contributed by atoms with van der Waals surface area (Å²) in [5.41, 5.74) is 7.94. The molecule has 0 aliphatic rings. The van der Waals surface area contributed by atoms with E-state index in [9.17, 15) is 24.2 Å². The van der Waals surface area contributed by atoms with Gasteiger partial charge in [-0.05, 0) is 82.8 Å². The van der Waals surface area contributed by atoms with E-state index in [1.807, 2.05) is 12.2 Å². The van der Waals surface area contributed by atoms with Crippen molar-refractivity contribution in [2.45, 2.75) is 162 Å². The van der Waals surface area contributed by atoms with Gasteiger partial charge in [0.25, 0.3) is 0 Å².